The number of hydrogen-bond acceptors (Lipinski definition) is 3. The van der Waals surface area contributed by atoms with E-state index in [1.54, 1.807) is 12.3 Å². The molecule has 0 fully saturated rings. The first-order valence-electron chi connectivity index (χ1n) is 6.69. The van der Waals surface area contributed by atoms with Crippen molar-refractivity contribution in [2.75, 3.05) is 13.2 Å². The number of hydrogen-bond donors (Lipinski definition) is 2. The van der Waals surface area contributed by atoms with Crippen molar-refractivity contribution in [3.05, 3.63) is 45.7 Å². The lowest BCUT2D eigenvalue weighted by Gasteiger charge is -2.12. The summed E-state index contributed by atoms with van der Waals surface area (Å²) < 4.78 is 2.00. The molecule has 5 heteroatoms. The number of aliphatic hydroxyl groups is 1. The third-order valence-corrected chi connectivity index (χ3v) is 3.77. The zero-order chi connectivity index (χ0) is 14.3. The van der Waals surface area contributed by atoms with Crippen molar-refractivity contribution < 1.29 is 9.90 Å². The minimum atomic E-state index is -0.431. The molecule has 0 aliphatic carbocycles. The highest BCUT2D eigenvalue weighted by Crippen LogP contribution is 2.30. The molecule has 1 aliphatic rings. The highest BCUT2D eigenvalue weighted by atomic mass is 16.3. The van der Waals surface area contributed by atoms with Gasteiger partial charge in [-0.05, 0) is 25.0 Å². The monoisotopic (exact) mass is 272 g/mol. The minimum Gasteiger partial charge on any atom is -0.395 e. The van der Waals surface area contributed by atoms with Crippen LogP contribution in [0.4, 0.5) is 0 Å². The summed E-state index contributed by atoms with van der Waals surface area (Å²) in [4.78, 5) is 24.5. The molecule has 5 nitrogen and oxygen atoms in total. The van der Waals surface area contributed by atoms with Gasteiger partial charge in [-0.3, -0.25) is 9.59 Å². The number of nitrogens with zero attached hydrogens (tertiary/aromatic N) is 1. The van der Waals surface area contributed by atoms with Crippen molar-refractivity contribution in [2.45, 2.75) is 19.4 Å². The lowest BCUT2D eigenvalue weighted by Crippen LogP contribution is -2.31. The number of carbonyl (C=O) groups is 1. The van der Waals surface area contributed by atoms with Gasteiger partial charge in [0.15, 0.2) is 0 Å². The normalized spacial score (nSPS) is 16.6. The Balaban J connectivity index is 2.21. The summed E-state index contributed by atoms with van der Waals surface area (Å²) in [5, 5.41) is 11.9. The van der Waals surface area contributed by atoms with E-state index in [0.29, 0.717) is 5.39 Å². The van der Waals surface area contributed by atoms with Crippen molar-refractivity contribution in [3.63, 3.8) is 0 Å². The lowest BCUT2D eigenvalue weighted by molar-refractivity contribution is 0.0943. The van der Waals surface area contributed by atoms with Gasteiger partial charge >= 0.3 is 0 Å². The largest absolute Gasteiger partial charge is 0.395 e. The molecule has 1 aromatic carbocycles. The van der Waals surface area contributed by atoms with E-state index < -0.39 is 5.91 Å². The van der Waals surface area contributed by atoms with Crippen LogP contribution in [-0.4, -0.2) is 28.7 Å². The molecule has 1 aliphatic heterocycles. The Morgan fingerprint density at radius 2 is 2.30 bits per heavy atom. The first-order chi connectivity index (χ1) is 9.63. The van der Waals surface area contributed by atoms with Crippen LogP contribution in [-0.2, 0) is 6.42 Å². The van der Waals surface area contributed by atoms with Crippen LogP contribution >= 0.6 is 0 Å². The smallest absolute Gasteiger partial charge is 0.256 e. The average Bonchev–Trinajstić information content (AvgIpc) is 2.77. The number of benzene rings is 1. The summed E-state index contributed by atoms with van der Waals surface area (Å²) >= 11 is 0. The summed E-state index contributed by atoms with van der Waals surface area (Å²) in [5.74, 6) is -0.431. The highest BCUT2D eigenvalue weighted by Gasteiger charge is 2.24. The van der Waals surface area contributed by atoms with E-state index in [1.165, 1.54) is 0 Å². The van der Waals surface area contributed by atoms with E-state index in [4.69, 9.17) is 5.11 Å². The maximum absolute atomic E-state index is 12.4. The number of para-hydroxylation sites is 1. The first-order valence-corrected chi connectivity index (χ1v) is 6.69. The lowest BCUT2D eigenvalue weighted by atomic mass is 10.1. The summed E-state index contributed by atoms with van der Waals surface area (Å²) in [5.41, 5.74) is 1.97. The van der Waals surface area contributed by atoms with Crippen molar-refractivity contribution in [1.82, 2.24) is 9.88 Å². The first kappa shape index (κ1) is 12.9. The van der Waals surface area contributed by atoms with Crippen LogP contribution in [0.3, 0.4) is 0 Å². The summed E-state index contributed by atoms with van der Waals surface area (Å²) in [6.07, 6.45) is 2.51. The number of carbonyl (C=O) groups excluding carboxylic acids is 1. The number of aliphatic hydroxyl groups excluding tert-OH is 1. The number of pyridine rings is 1. The second kappa shape index (κ2) is 4.76. The molecule has 1 atom stereocenters. The van der Waals surface area contributed by atoms with Gasteiger partial charge in [-0.1, -0.05) is 12.1 Å². The average molecular weight is 272 g/mol. The van der Waals surface area contributed by atoms with Gasteiger partial charge in [-0.25, -0.2) is 0 Å². The molecule has 0 unspecified atom stereocenters. The quantitative estimate of drug-likeness (QED) is 0.869. The van der Waals surface area contributed by atoms with Crippen molar-refractivity contribution >= 4 is 16.8 Å². The van der Waals surface area contributed by atoms with Gasteiger partial charge in [0.2, 0.25) is 5.43 Å². The van der Waals surface area contributed by atoms with Crippen LogP contribution in [0.5, 0.6) is 0 Å². The standard InChI is InChI=1S/C15H16N2O3/c1-9-7-10-3-2-4-11-13(10)17(9)8-12(14(11)19)15(20)16-5-6-18/h2-4,8-9,18H,5-7H2,1H3,(H,16,20)/t9-/m1/s1. The van der Waals surface area contributed by atoms with Crippen LogP contribution in [0.15, 0.2) is 29.2 Å². The zero-order valence-electron chi connectivity index (χ0n) is 11.2. The van der Waals surface area contributed by atoms with E-state index in [1.807, 2.05) is 16.7 Å². The molecule has 1 amide bonds. The fraction of sp³-hybridized carbons (Fsp3) is 0.333. The van der Waals surface area contributed by atoms with Gasteiger partial charge < -0.3 is 15.0 Å². The van der Waals surface area contributed by atoms with Crippen LogP contribution in [0.25, 0.3) is 10.9 Å². The number of amides is 1. The molecule has 0 saturated carbocycles. The Morgan fingerprint density at radius 1 is 1.50 bits per heavy atom. The van der Waals surface area contributed by atoms with Crippen molar-refractivity contribution in [3.8, 4) is 0 Å². The van der Waals surface area contributed by atoms with Gasteiger partial charge in [0.05, 0.1) is 12.1 Å². The third-order valence-electron chi connectivity index (χ3n) is 3.77. The van der Waals surface area contributed by atoms with Gasteiger partial charge in [-0.15, -0.1) is 0 Å². The van der Waals surface area contributed by atoms with E-state index >= 15 is 0 Å². The topological polar surface area (TPSA) is 71.3 Å². The van der Waals surface area contributed by atoms with Crippen LogP contribution in [0.2, 0.25) is 0 Å². The summed E-state index contributed by atoms with van der Waals surface area (Å²) in [6.45, 7) is 2.07. The molecule has 3 rings (SSSR count). The Morgan fingerprint density at radius 3 is 3.05 bits per heavy atom. The number of aromatic nitrogens is 1. The van der Waals surface area contributed by atoms with E-state index in [9.17, 15) is 9.59 Å². The maximum atomic E-state index is 12.4. The molecule has 2 N–H and O–H groups in total. The Labute approximate surface area is 115 Å². The SMILES string of the molecule is C[C@@H]1Cc2cccc3c(=O)c(C(=O)NCCO)cn1c23. The molecule has 0 saturated heterocycles. The van der Waals surface area contributed by atoms with Crippen molar-refractivity contribution in [2.24, 2.45) is 0 Å². The van der Waals surface area contributed by atoms with Crippen molar-refractivity contribution in [1.29, 1.82) is 0 Å². The molecule has 0 spiro atoms. The molecule has 2 heterocycles. The van der Waals surface area contributed by atoms with Gasteiger partial charge in [0, 0.05) is 24.2 Å². The molecule has 104 valence electrons. The zero-order valence-corrected chi connectivity index (χ0v) is 11.2. The van der Waals surface area contributed by atoms with E-state index in [2.05, 4.69) is 12.2 Å². The molecular weight excluding hydrogens is 256 g/mol. The predicted octanol–water partition coefficient (Wildman–Crippen LogP) is 0.841. The molecule has 0 radical (unpaired) electrons. The van der Waals surface area contributed by atoms with Gasteiger partial charge in [-0.2, -0.15) is 0 Å². The fourth-order valence-corrected chi connectivity index (χ4v) is 2.84. The van der Waals surface area contributed by atoms with Gasteiger partial charge in [0.1, 0.15) is 5.56 Å². The summed E-state index contributed by atoms with van der Waals surface area (Å²) in [7, 11) is 0. The summed E-state index contributed by atoms with van der Waals surface area (Å²) in [6, 6.07) is 5.88. The molecule has 20 heavy (non-hydrogen) atoms. The van der Waals surface area contributed by atoms with Crippen LogP contribution in [0, 0.1) is 0 Å². The maximum Gasteiger partial charge on any atom is 0.256 e. The second-order valence-electron chi connectivity index (χ2n) is 5.13. The molecular formula is C15H16N2O3. The Bertz CT molecular complexity index is 749. The van der Waals surface area contributed by atoms with E-state index in [0.717, 1.165) is 17.5 Å². The fourth-order valence-electron chi connectivity index (χ4n) is 2.84. The number of nitrogens with one attached hydrogen (secondary N) is 1. The van der Waals surface area contributed by atoms with Crippen LogP contribution in [0.1, 0.15) is 28.9 Å². The molecule has 1 aromatic heterocycles. The predicted molar refractivity (Wildman–Crippen MR) is 76.0 cm³/mol. The second-order valence-corrected chi connectivity index (χ2v) is 5.13. The Hall–Kier alpha value is -2.14. The Kier molecular flexibility index (Phi) is 3.06. The van der Waals surface area contributed by atoms with Crippen LogP contribution < -0.4 is 10.7 Å². The molecule has 2 aromatic rings. The third kappa shape index (κ3) is 1.82. The minimum absolute atomic E-state index is 0.136. The van der Waals surface area contributed by atoms with E-state index in [-0.39, 0.29) is 30.2 Å². The highest BCUT2D eigenvalue weighted by molar-refractivity contribution is 5.98. The van der Waals surface area contributed by atoms with Gasteiger partial charge in [0.25, 0.3) is 5.91 Å². The molecule has 0 bridgehead atoms. The number of rotatable bonds is 3.